The molecule has 0 spiro atoms. The topological polar surface area (TPSA) is 82.5 Å². The van der Waals surface area contributed by atoms with E-state index in [4.69, 9.17) is 16.0 Å². The van der Waals surface area contributed by atoms with Crippen molar-refractivity contribution in [2.45, 2.75) is 38.0 Å². The standard InChI is InChI=1S/C26H23ClN6O/c1-16-29-31-25-19(14-24-30-32-26(34-24)18-5-4-12-28-15-18)13-22(17-8-10-20(27)11-9-17)21-6-2-3-7-23(21)33(16)25/h2-8,10-12,15,17,19,22H,9,13-14H2,1H3. The summed E-state index contributed by atoms with van der Waals surface area (Å²) < 4.78 is 8.23. The van der Waals surface area contributed by atoms with E-state index in [9.17, 15) is 0 Å². The number of allylic oxidation sites excluding steroid dienone is 4. The van der Waals surface area contributed by atoms with E-state index in [0.717, 1.165) is 40.8 Å². The van der Waals surface area contributed by atoms with E-state index in [1.54, 1.807) is 12.4 Å². The highest BCUT2D eigenvalue weighted by Crippen LogP contribution is 2.45. The molecule has 170 valence electrons. The minimum Gasteiger partial charge on any atom is -0.421 e. The Morgan fingerprint density at radius 3 is 2.82 bits per heavy atom. The van der Waals surface area contributed by atoms with E-state index < -0.39 is 0 Å². The Bertz CT molecular complexity index is 1390. The molecule has 0 N–H and O–H groups in total. The molecule has 0 amide bonds. The zero-order valence-corrected chi connectivity index (χ0v) is 19.4. The largest absolute Gasteiger partial charge is 0.421 e. The van der Waals surface area contributed by atoms with Crippen molar-refractivity contribution in [3.63, 3.8) is 0 Å². The summed E-state index contributed by atoms with van der Waals surface area (Å²) >= 11 is 6.24. The summed E-state index contributed by atoms with van der Waals surface area (Å²) in [4.78, 5) is 4.15. The molecule has 3 unspecified atom stereocenters. The lowest BCUT2D eigenvalue weighted by Gasteiger charge is -2.28. The quantitative estimate of drug-likeness (QED) is 0.390. The molecule has 2 aliphatic rings. The van der Waals surface area contributed by atoms with Gasteiger partial charge in [-0.05, 0) is 61.4 Å². The van der Waals surface area contributed by atoms with Crippen LogP contribution in [0.4, 0.5) is 0 Å². The number of halogens is 1. The third-order valence-corrected chi connectivity index (χ3v) is 7.01. The molecule has 34 heavy (non-hydrogen) atoms. The normalized spacial score (nSPS) is 21.5. The lowest BCUT2D eigenvalue weighted by atomic mass is 9.76. The number of aryl methyl sites for hydroxylation is 1. The highest BCUT2D eigenvalue weighted by molar-refractivity contribution is 6.31. The molecule has 4 aromatic rings. The molecule has 4 heterocycles. The summed E-state index contributed by atoms with van der Waals surface area (Å²) in [6.45, 7) is 2.00. The Hall–Kier alpha value is -3.58. The van der Waals surface area contributed by atoms with Gasteiger partial charge in [-0.1, -0.05) is 42.0 Å². The molecule has 8 heteroatoms. The molecule has 0 bridgehead atoms. The van der Waals surface area contributed by atoms with Crippen LogP contribution in [0.3, 0.4) is 0 Å². The summed E-state index contributed by atoms with van der Waals surface area (Å²) in [7, 11) is 0. The number of hydrogen-bond acceptors (Lipinski definition) is 6. The fraction of sp³-hybridized carbons (Fsp3) is 0.269. The van der Waals surface area contributed by atoms with E-state index >= 15 is 0 Å². The second-order valence-electron chi connectivity index (χ2n) is 8.83. The lowest BCUT2D eigenvalue weighted by molar-refractivity contribution is 0.404. The van der Waals surface area contributed by atoms with Gasteiger partial charge >= 0.3 is 0 Å². The third kappa shape index (κ3) is 3.76. The highest BCUT2D eigenvalue weighted by Gasteiger charge is 2.35. The van der Waals surface area contributed by atoms with Gasteiger partial charge in [-0.3, -0.25) is 9.55 Å². The van der Waals surface area contributed by atoms with Crippen LogP contribution in [-0.4, -0.2) is 29.9 Å². The number of hydrogen-bond donors (Lipinski definition) is 0. The van der Waals surface area contributed by atoms with Crippen molar-refractivity contribution in [1.82, 2.24) is 29.9 Å². The van der Waals surface area contributed by atoms with Gasteiger partial charge in [-0.15, -0.1) is 20.4 Å². The summed E-state index contributed by atoms with van der Waals surface area (Å²) in [5, 5.41) is 18.5. The second kappa shape index (κ2) is 8.65. The first-order valence-electron chi connectivity index (χ1n) is 11.4. The fourth-order valence-electron chi connectivity index (χ4n) is 5.13. The predicted molar refractivity (Wildman–Crippen MR) is 129 cm³/mol. The highest BCUT2D eigenvalue weighted by atomic mass is 35.5. The van der Waals surface area contributed by atoms with Crippen LogP contribution in [0.5, 0.6) is 0 Å². The molecule has 1 aliphatic heterocycles. The van der Waals surface area contributed by atoms with Crippen molar-refractivity contribution in [2.75, 3.05) is 0 Å². The van der Waals surface area contributed by atoms with Crippen molar-refractivity contribution >= 4 is 11.6 Å². The van der Waals surface area contributed by atoms with Gasteiger partial charge in [0.1, 0.15) is 11.6 Å². The molecule has 0 saturated heterocycles. The Kier molecular flexibility index (Phi) is 5.34. The van der Waals surface area contributed by atoms with Gasteiger partial charge < -0.3 is 4.42 Å². The van der Waals surface area contributed by atoms with E-state index in [2.05, 4.69) is 66.4 Å². The Morgan fingerprint density at radius 1 is 1.09 bits per heavy atom. The first-order chi connectivity index (χ1) is 16.7. The number of nitrogens with zero attached hydrogens (tertiary/aromatic N) is 6. The van der Waals surface area contributed by atoms with E-state index in [-0.39, 0.29) is 5.92 Å². The number of para-hydroxylation sites is 1. The van der Waals surface area contributed by atoms with Gasteiger partial charge in [0.2, 0.25) is 11.8 Å². The third-order valence-electron chi connectivity index (χ3n) is 6.73. The van der Waals surface area contributed by atoms with Gasteiger partial charge in [-0.25, -0.2) is 0 Å². The molecule has 0 radical (unpaired) electrons. The zero-order chi connectivity index (χ0) is 23.1. The maximum atomic E-state index is 6.24. The van der Waals surface area contributed by atoms with Crippen LogP contribution in [0.1, 0.15) is 47.8 Å². The Morgan fingerprint density at radius 2 is 2.00 bits per heavy atom. The summed E-state index contributed by atoms with van der Waals surface area (Å²) in [6, 6.07) is 12.3. The Labute approximate surface area is 202 Å². The SMILES string of the molecule is Cc1nnc2n1-c1ccccc1C(C1C=CC(Cl)=CC1)CC2Cc1nnc(-c2cccnc2)o1. The van der Waals surface area contributed by atoms with Crippen molar-refractivity contribution in [2.24, 2.45) is 5.92 Å². The van der Waals surface area contributed by atoms with Gasteiger partial charge in [0.15, 0.2) is 0 Å². The van der Waals surface area contributed by atoms with Crippen LogP contribution >= 0.6 is 11.6 Å². The molecule has 3 atom stereocenters. The molecular weight excluding hydrogens is 448 g/mol. The van der Waals surface area contributed by atoms with Crippen LogP contribution in [0, 0.1) is 12.8 Å². The minimum atomic E-state index is 0.0653. The summed E-state index contributed by atoms with van der Waals surface area (Å²) in [5.41, 5.74) is 3.25. The average Bonchev–Trinajstić information content (AvgIpc) is 3.46. The molecule has 0 fully saturated rings. The van der Waals surface area contributed by atoms with Gasteiger partial charge in [0.05, 0.1) is 11.3 Å². The molecule has 1 aromatic carbocycles. The van der Waals surface area contributed by atoms with E-state index in [1.807, 2.05) is 25.1 Å². The van der Waals surface area contributed by atoms with Crippen molar-refractivity contribution in [3.8, 4) is 17.1 Å². The molecule has 0 saturated carbocycles. The number of pyridine rings is 1. The summed E-state index contributed by atoms with van der Waals surface area (Å²) in [5.74, 6) is 3.57. The first kappa shape index (κ1) is 21.0. The van der Waals surface area contributed by atoms with Crippen LogP contribution in [0.25, 0.3) is 17.1 Å². The van der Waals surface area contributed by atoms with Gasteiger partial charge in [0.25, 0.3) is 0 Å². The van der Waals surface area contributed by atoms with Crippen molar-refractivity contribution in [1.29, 1.82) is 0 Å². The minimum absolute atomic E-state index is 0.0653. The predicted octanol–water partition coefficient (Wildman–Crippen LogP) is 5.53. The molecule has 7 nitrogen and oxygen atoms in total. The number of fused-ring (bicyclic) bond motifs is 3. The maximum absolute atomic E-state index is 6.24. The Balaban J connectivity index is 1.39. The molecular formula is C26H23ClN6O. The van der Waals surface area contributed by atoms with E-state index in [0.29, 0.717) is 30.0 Å². The van der Waals surface area contributed by atoms with Crippen LogP contribution in [0.15, 0.2) is 76.5 Å². The summed E-state index contributed by atoms with van der Waals surface area (Å²) in [6.07, 6.45) is 12.2. The zero-order valence-electron chi connectivity index (χ0n) is 18.7. The monoisotopic (exact) mass is 470 g/mol. The number of aromatic nitrogens is 6. The number of benzene rings is 1. The second-order valence-corrected chi connectivity index (χ2v) is 9.27. The smallest absolute Gasteiger partial charge is 0.249 e. The van der Waals surface area contributed by atoms with Gasteiger partial charge in [-0.2, -0.15) is 0 Å². The number of rotatable bonds is 4. The van der Waals surface area contributed by atoms with Crippen LogP contribution in [0.2, 0.25) is 0 Å². The average molecular weight is 471 g/mol. The first-order valence-corrected chi connectivity index (χ1v) is 11.8. The fourth-order valence-corrected chi connectivity index (χ4v) is 5.29. The van der Waals surface area contributed by atoms with Crippen LogP contribution < -0.4 is 0 Å². The molecule has 1 aliphatic carbocycles. The molecule has 3 aromatic heterocycles. The molecule has 6 rings (SSSR count). The van der Waals surface area contributed by atoms with Crippen molar-refractivity contribution < 1.29 is 4.42 Å². The van der Waals surface area contributed by atoms with Crippen molar-refractivity contribution in [3.05, 3.63) is 95.2 Å². The van der Waals surface area contributed by atoms with Crippen LogP contribution in [-0.2, 0) is 6.42 Å². The maximum Gasteiger partial charge on any atom is 0.249 e. The lowest BCUT2D eigenvalue weighted by Crippen LogP contribution is -2.16. The van der Waals surface area contributed by atoms with Gasteiger partial charge in [0, 0.05) is 29.8 Å². The van der Waals surface area contributed by atoms with E-state index in [1.165, 1.54) is 5.56 Å².